The Labute approximate surface area is 156 Å². The number of nitrogens with zero attached hydrogens (tertiary/aromatic N) is 1. The quantitative estimate of drug-likeness (QED) is 0.807. The van der Waals surface area contributed by atoms with Gasteiger partial charge < -0.3 is 14.8 Å². The molecule has 1 atom stereocenters. The maximum Gasteiger partial charge on any atom is 0.387 e. The number of amides is 1. The van der Waals surface area contributed by atoms with Crippen LogP contribution in [0.1, 0.15) is 22.0 Å². The molecule has 5 nitrogen and oxygen atoms in total. The van der Waals surface area contributed by atoms with E-state index in [2.05, 4.69) is 15.0 Å². The van der Waals surface area contributed by atoms with E-state index >= 15 is 0 Å². The Morgan fingerprint density at radius 2 is 1.74 bits per heavy atom. The average molecular weight is 376 g/mol. The van der Waals surface area contributed by atoms with Gasteiger partial charge in [0.1, 0.15) is 5.75 Å². The number of morpholine rings is 1. The van der Waals surface area contributed by atoms with Gasteiger partial charge in [0, 0.05) is 25.2 Å². The molecule has 0 unspecified atom stereocenters. The average Bonchev–Trinajstić information content (AvgIpc) is 2.70. The first-order valence-electron chi connectivity index (χ1n) is 8.83. The van der Waals surface area contributed by atoms with E-state index in [1.807, 2.05) is 30.3 Å². The summed E-state index contributed by atoms with van der Waals surface area (Å²) in [5.74, 6) is -0.232. The molecule has 0 spiro atoms. The summed E-state index contributed by atoms with van der Waals surface area (Å²) in [4.78, 5) is 14.7. The van der Waals surface area contributed by atoms with E-state index in [9.17, 15) is 13.6 Å². The molecule has 144 valence electrons. The third-order valence-electron chi connectivity index (χ3n) is 4.47. The van der Waals surface area contributed by atoms with Crippen molar-refractivity contribution in [3.8, 4) is 5.75 Å². The zero-order chi connectivity index (χ0) is 19.1. The van der Waals surface area contributed by atoms with Crippen molar-refractivity contribution in [2.24, 2.45) is 0 Å². The van der Waals surface area contributed by atoms with Crippen LogP contribution in [-0.2, 0) is 4.74 Å². The van der Waals surface area contributed by atoms with Gasteiger partial charge in [0.05, 0.1) is 19.3 Å². The second-order valence-electron chi connectivity index (χ2n) is 6.19. The number of benzene rings is 2. The normalized spacial score (nSPS) is 16.1. The second-order valence-corrected chi connectivity index (χ2v) is 6.19. The summed E-state index contributed by atoms with van der Waals surface area (Å²) < 4.78 is 34.2. The number of hydrogen-bond donors (Lipinski definition) is 1. The molecule has 1 N–H and O–H groups in total. The summed E-state index contributed by atoms with van der Waals surface area (Å²) in [5, 5.41) is 2.94. The number of rotatable bonds is 7. The molecule has 0 aliphatic carbocycles. The molecule has 1 heterocycles. The molecule has 2 aromatic carbocycles. The number of ether oxygens (including phenoxy) is 2. The Morgan fingerprint density at radius 1 is 1.07 bits per heavy atom. The van der Waals surface area contributed by atoms with Crippen molar-refractivity contribution in [1.29, 1.82) is 0 Å². The van der Waals surface area contributed by atoms with Gasteiger partial charge in [-0.05, 0) is 29.8 Å². The van der Waals surface area contributed by atoms with E-state index in [4.69, 9.17) is 4.74 Å². The van der Waals surface area contributed by atoms with Gasteiger partial charge >= 0.3 is 6.61 Å². The first kappa shape index (κ1) is 19.3. The highest BCUT2D eigenvalue weighted by atomic mass is 19.3. The van der Waals surface area contributed by atoms with Gasteiger partial charge in [0.2, 0.25) is 0 Å². The van der Waals surface area contributed by atoms with Gasteiger partial charge in [-0.1, -0.05) is 30.3 Å². The number of nitrogens with one attached hydrogen (secondary N) is 1. The molecule has 27 heavy (non-hydrogen) atoms. The summed E-state index contributed by atoms with van der Waals surface area (Å²) in [6.45, 7) is 0.499. The summed E-state index contributed by atoms with van der Waals surface area (Å²) in [6.07, 6.45) is 0. The van der Waals surface area contributed by atoms with Crippen molar-refractivity contribution < 1.29 is 23.0 Å². The topological polar surface area (TPSA) is 50.8 Å². The van der Waals surface area contributed by atoms with Crippen molar-refractivity contribution in [3.63, 3.8) is 0 Å². The molecule has 1 fully saturated rings. The fourth-order valence-electron chi connectivity index (χ4n) is 3.10. The van der Waals surface area contributed by atoms with Crippen LogP contribution in [0.3, 0.4) is 0 Å². The number of halogens is 2. The maximum atomic E-state index is 12.5. The summed E-state index contributed by atoms with van der Waals surface area (Å²) >= 11 is 0. The van der Waals surface area contributed by atoms with Crippen LogP contribution in [0.15, 0.2) is 54.6 Å². The van der Waals surface area contributed by atoms with Crippen molar-refractivity contribution in [2.75, 3.05) is 32.8 Å². The Kier molecular flexibility index (Phi) is 6.73. The number of hydrogen-bond acceptors (Lipinski definition) is 4. The zero-order valence-electron chi connectivity index (χ0n) is 14.8. The molecule has 7 heteroatoms. The van der Waals surface area contributed by atoms with Crippen molar-refractivity contribution in [2.45, 2.75) is 12.7 Å². The predicted molar refractivity (Wildman–Crippen MR) is 97.0 cm³/mol. The minimum absolute atomic E-state index is 0.0250. The SMILES string of the molecule is O=C(NC[C@@H](c1ccccc1)N1CCOCC1)c1ccc(OC(F)F)cc1. The van der Waals surface area contributed by atoms with Crippen LogP contribution in [0.4, 0.5) is 8.78 Å². The third kappa shape index (κ3) is 5.48. The lowest BCUT2D eigenvalue weighted by Gasteiger charge is -2.35. The van der Waals surface area contributed by atoms with Gasteiger partial charge in [-0.25, -0.2) is 0 Å². The minimum Gasteiger partial charge on any atom is -0.435 e. The first-order valence-corrected chi connectivity index (χ1v) is 8.83. The largest absolute Gasteiger partial charge is 0.435 e. The number of carbonyl (C=O) groups excluding carboxylic acids is 1. The lowest BCUT2D eigenvalue weighted by atomic mass is 10.0. The summed E-state index contributed by atoms with van der Waals surface area (Å²) in [5.41, 5.74) is 1.52. The Hall–Kier alpha value is -2.51. The van der Waals surface area contributed by atoms with E-state index in [-0.39, 0.29) is 17.7 Å². The minimum atomic E-state index is -2.88. The second kappa shape index (κ2) is 9.43. The highest BCUT2D eigenvalue weighted by Crippen LogP contribution is 2.21. The molecule has 2 aromatic rings. The van der Waals surface area contributed by atoms with Gasteiger partial charge in [-0.15, -0.1) is 0 Å². The lowest BCUT2D eigenvalue weighted by Crippen LogP contribution is -2.43. The van der Waals surface area contributed by atoms with Crippen LogP contribution in [-0.4, -0.2) is 50.3 Å². The van der Waals surface area contributed by atoms with E-state index < -0.39 is 6.61 Å². The van der Waals surface area contributed by atoms with Crippen LogP contribution < -0.4 is 10.1 Å². The van der Waals surface area contributed by atoms with Crippen LogP contribution >= 0.6 is 0 Å². The standard InChI is InChI=1S/C20H22F2N2O3/c21-20(22)27-17-8-6-16(7-9-17)19(25)23-14-18(15-4-2-1-3-5-15)24-10-12-26-13-11-24/h1-9,18,20H,10-14H2,(H,23,25)/t18-/m0/s1. The first-order chi connectivity index (χ1) is 13.1. The molecule has 0 saturated carbocycles. The summed E-state index contributed by atoms with van der Waals surface area (Å²) in [6, 6.07) is 15.7. The van der Waals surface area contributed by atoms with Crippen molar-refractivity contribution in [3.05, 3.63) is 65.7 Å². The lowest BCUT2D eigenvalue weighted by molar-refractivity contribution is -0.0498. The third-order valence-corrected chi connectivity index (χ3v) is 4.47. The molecule has 1 aliphatic rings. The molecular weight excluding hydrogens is 354 g/mol. The van der Waals surface area contributed by atoms with Crippen LogP contribution in [0.2, 0.25) is 0 Å². The van der Waals surface area contributed by atoms with E-state index in [0.717, 1.165) is 18.7 Å². The molecular formula is C20H22F2N2O3. The van der Waals surface area contributed by atoms with Crippen molar-refractivity contribution in [1.82, 2.24) is 10.2 Å². The molecule has 0 bridgehead atoms. The Morgan fingerprint density at radius 3 is 2.37 bits per heavy atom. The fourth-order valence-corrected chi connectivity index (χ4v) is 3.10. The van der Waals surface area contributed by atoms with Gasteiger partial charge in [-0.3, -0.25) is 9.69 Å². The molecule has 1 amide bonds. The number of carbonyl (C=O) groups is 1. The van der Waals surface area contributed by atoms with Crippen LogP contribution in [0.5, 0.6) is 5.75 Å². The van der Waals surface area contributed by atoms with Gasteiger partial charge in [-0.2, -0.15) is 8.78 Å². The Bertz CT molecular complexity index is 720. The maximum absolute atomic E-state index is 12.5. The highest BCUT2D eigenvalue weighted by molar-refractivity contribution is 5.94. The molecule has 1 saturated heterocycles. The van der Waals surface area contributed by atoms with Gasteiger partial charge in [0.25, 0.3) is 5.91 Å². The monoisotopic (exact) mass is 376 g/mol. The smallest absolute Gasteiger partial charge is 0.387 e. The van der Waals surface area contributed by atoms with E-state index in [1.54, 1.807) is 0 Å². The van der Waals surface area contributed by atoms with Gasteiger partial charge in [0.15, 0.2) is 0 Å². The zero-order valence-corrected chi connectivity index (χ0v) is 14.8. The molecule has 0 aromatic heterocycles. The fraction of sp³-hybridized carbons (Fsp3) is 0.350. The van der Waals surface area contributed by atoms with E-state index in [0.29, 0.717) is 25.3 Å². The number of alkyl halides is 2. The molecule has 1 aliphatic heterocycles. The Balaban J connectivity index is 1.64. The van der Waals surface area contributed by atoms with Crippen LogP contribution in [0.25, 0.3) is 0 Å². The van der Waals surface area contributed by atoms with E-state index in [1.165, 1.54) is 24.3 Å². The molecule has 0 radical (unpaired) electrons. The van der Waals surface area contributed by atoms with Crippen molar-refractivity contribution >= 4 is 5.91 Å². The predicted octanol–water partition coefficient (Wildman–Crippen LogP) is 3.09. The highest BCUT2D eigenvalue weighted by Gasteiger charge is 2.23. The summed E-state index contributed by atoms with van der Waals surface area (Å²) in [7, 11) is 0. The van der Waals surface area contributed by atoms with Crippen LogP contribution in [0, 0.1) is 0 Å². The molecule has 3 rings (SSSR count).